The van der Waals surface area contributed by atoms with Crippen molar-refractivity contribution < 1.29 is 0 Å². The molecule has 0 spiro atoms. The van der Waals surface area contributed by atoms with Crippen molar-refractivity contribution in [2.75, 3.05) is 0 Å². The molecule has 2 heterocycles. The Bertz CT molecular complexity index is 5420. The first-order valence-electron chi connectivity index (χ1n) is 35.3. The number of fused-ring (bicyclic) bond motifs is 15. The minimum absolute atomic E-state index is 0.125. The Morgan fingerprint density at radius 2 is 0.394 bits per heavy atom. The first kappa shape index (κ1) is 59.2. The van der Waals surface area contributed by atoms with E-state index in [4.69, 9.17) is 0 Å². The number of benzene rings is 12. The number of hydrogen-bond donors (Lipinski definition) is 0. The normalized spacial score (nSPS) is 15.6. The third-order valence-electron chi connectivity index (χ3n) is 24.1. The van der Waals surface area contributed by atoms with Gasteiger partial charge in [0.25, 0.3) is 0 Å². The summed E-state index contributed by atoms with van der Waals surface area (Å²) in [7, 11) is 0. The summed E-state index contributed by atoms with van der Waals surface area (Å²) in [6, 6.07) is 102. The molecule has 0 atom stereocenters. The van der Waals surface area contributed by atoms with Crippen LogP contribution in [-0.2, 0) is 27.1 Å². The van der Waals surface area contributed by atoms with E-state index in [1.807, 2.05) is 24.5 Å². The minimum Gasteiger partial charge on any atom is -0.256 e. The maximum absolute atomic E-state index is 4.67. The number of pyridine rings is 2. The van der Waals surface area contributed by atoms with Gasteiger partial charge < -0.3 is 0 Å². The van der Waals surface area contributed by atoms with Crippen LogP contribution in [0.2, 0.25) is 0 Å². The van der Waals surface area contributed by atoms with Gasteiger partial charge in [0.1, 0.15) is 0 Å². The highest BCUT2D eigenvalue weighted by atomic mass is 14.7. The van der Waals surface area contributed by atoms with Crippen molar-refractivity contribution in [1.29, 1.82) is 0 Å². The molecular weight excluding hydrogens is 1190 g/mol. The summed E-state index contributed by atoms with van der Waals surface area (Å²) in [5, 5.41) is 0. The summed E-state index contributed by atoms with van der Waals surface area (Å²) in [4.78, 5) is 9.34. The predicted octanol–water partition coefficient (Wildman–Crippen LogP) is 25.3. The van der Waals surface area contributed by atoms with Crippen LogP contribution in [0, 0.1) is 0 Å². The largest absolute Gasteiger partial charge is 0.256 e. The lowest BCUT2D eigenvalue weighted by molar-refractivity contribution is 0.659. The first-order chi connectivity index (χ1) is 47.8. The predicted molar refractivity (Wildman–Crippen MR) is 413 cm³/mol. The van der Waals surface area contributed by atoms with Crippen LogP contribution in [0.3, 0.4) is 0 Å². The molecule has 0 bridgehead atoms. The van der Waals surface area contributed by atoms with Crippen LogP contribution in [-0.4, -0.2) is 9.97 Å². The van der Waals surface area contributed by atoms with Crippen LogP contribution in [0.4, 0.5) is 0 Å². The van der Waals surface area contributed by atoms with Crippen molar-refractivity contribution in [3.05, 3.63) is 335 Å². The van der Waals surface area contributed by atoms with Crippen LogP contribution in [0.15, 0.2) is 279 Å². The fourth-order valence-electron chi connectivity index (χ4n) is 18.4. The Hall–Kier alpha value is -11.1. The summed E-state index contributed by atoms with van der Waals surface area (Å²) in [6.45, 7) is 24.1. The van der Waals surface area contributed by atoms with Crippen LogP contribution in [0.1, 0.15) is 125 Å². The molecule has 5 aliphatic rings. The molecule has 0 fully saturated rings. The zero-order valence-electron chi connectivity index (χ0n) is 58.0. The quantitative estimate of drug-likeness (QED) is 0.152. The SMILES string of the molecule is CC1(C)c2cc(-c3ccc4c(c3)C(C)(C)c3cc(-c5cc6c(cc5-c5ccc(-c7ccccn7)cc5)C(C)(C)c5ccccc5-6)ccc3-4)ccc2-c2ccc(-c3ccc4c(c3)C(C)(C)c3cc(-c5cc6c(cc5-c5ccc(-c7ccccn7)cc5)C(C)(C)c5ccccc5-6)ccc3-4)cc21. The smallest absolute Gasteiger partial charge is 0.0701 e. The van der Waals surface area contributed by atoms with Crippen LogP contribution < -0.4 is 0 Å². The summed E-state index contributed by atoms with van der Waals surface area (Å²) in [5.74, 6) is 0. The van der Waals surface area contributed by atoms with Crippen molar-refractivity contribution in [3.8, 4) is 145 Å². The molecule has 19 rings (SSSR count). The van der Waals surface area contributed by atoms with E-state index < -0.39 is 0 Å². The monoisotopic (exact) mass is 1270 g/mol. The van der Waals surface area contributed by atoms with Crippen molar-refractivity contribution in [2.24, 2.45) is 0 Å². The molecule has 0 N–H and O–H groups in total. The number of hydrogen-bond acceptors (Lipinski definition) is 2. The topological polar surface area (TPSA) is 25.8 Å². The van der Waals surface area contributed by atoms with Crippen molar-refractivity contribution in [1.82, 2.24) is 9.97 Å². The zero-order chi connectivity index (χ0) is 67.2. The molecule has 99 heavy (non-hydrogen) atoms. The Morgan fingerprint density at radius 1 is 0.162 bits per heavy atom. The lowest BCUT2D eigenvalue weighted by Gasteiger charge is -2.25. The van der Waals surface area contributed by atoms with Crippen molar-refractivity contribution >= 4 is 0 Å². The van der Waals surface area contributed by atoms with Crippen molar-refractivity contribution in [3.63, 3.8) is 0 Å². The van der Waals surface area contributed by atoms with E-state index in [1.165, 1.54) is 178 Å². The average Bonchev–Trinajstić information content (AvgIpc) is 1.59. The number of aromatic nitrogens is 2. The summed E-state index contributed by atoms with van der Waals surface area (Å²) >= 11 is 0. The summed E-state index contributed by atoms with van der Waals surface area (Å²) in [6.07, 6.45) is 3.74. The Balaban J connectivity index is 0.624. The zero-order valence-corrected chi connectivity index (χ0v) is 58.0. The van der Waals surface area contributed by atoms with Gasteiger partial charge in [-0.25, -0.2) is 0 Å². The van der Waals surface area contributed by atoms with Gasteiger partial charge in [0.2, 0.25) is 0 Å². The molecule has 0 unspecified atom stereocenters. The molecule has 2 nitrogen and oxygen atoms in total. The van der Waals surface area contributed by atoms with Crippen LogP contribution in [0.5, 0.6) is 0 Å². The van der Waals surface area contributed by atoms with E-state index in [2.05, 4.69) is 334 Å². The highest BCUT2D eigenvalue weighted by molar-refractivity contribution is 5.98. The van der Waals surface area contributed by atoms with Gasteiger partial charge in [0, 0.05) is 50.6 Å². The summed E-state index contributed by atoms with van der Waals surface area (Å²) < 4.78 is 0. The summed E-state index contributed by atoms with van der Waals surface area (Å²) in [5.41, 5.74) is 45.2. The van der Waals surface area contributed by atoms with Crippen molar-refractivity contribution in [2.45, 2.75) is 96.3 Å². The Labute approximate surface area is 582 Å². The third-order valence-corrected chi connectivity index (χ3v) is 24.1. The van der Waals surface area contributed by atoms with E-state index in [0.29, 0.717) is 0 Å². The number of nitrogens with zero attached hydrogens (tertiary/aromatic N) is 2. The van der Waals surface area contributed by atoms with E-state index >= 15 is 0 Å². The highest BCUT2D eigenvalue weighted by Gasteiger charge is 2.42. The Kier molecular flexibility index (Phi) is 12.6. The molecule has 0 saturated carbocycles. The van der Waals surface area contributed by atoms with E-state index in [1.54, 1.807) is 0 Å². The average molecular weight is 1270 g/mol. The lowest BCUT2D eigenvalue weighted by atomic mass is 9.78. The molecular formula is C97H76N2. The molecule has 5 aliphatic carbocycles. The minimum atomic E-state index is -0.235. The molecule has 2 aromatic heterocycles. The molecule has 14 aromatic rings. The Morgan fingerprint density at radius 3 is 0.707 bits per heavy atom. The van der Waals surface area contributed by atoms with Gasteiger partial charge in [0.05, 0.1) is 11.4 Å². The van der Waals surface area contributed by atoms with E-state index in [9.17, 15) is 0 Å². The van der Waals surface area contributed by atoms with E-state index in [-0.39, 0.29) is 27.1 Å². The fourth-order valence-corrected chi connectivity index (χ4v) is 18.4. The second kappa shape index (κ2) is 21.0. The molecule has 0 aliphatic heterocycles. The fraction of sp³-hybridized carbons (Fsp3) is 0.155. The van der Waals surface area contributed by atoms with Gasteiger partial charge in [0.15, 0.2) is 0 Å². The molecule has 2 heteroatoms. The van der Waals surface area contributed by atoms with Crippen LogP contribution in [0.25, 0.3) is 145 Å². The lowest BCUT2D eigenvalue weighted by Crippen LogP contribution is -2.16. The highest BCUT2D eigenvalue weighted by Crippen LogP contribution is 2.59. The first-order valence-corrected chi connectivity index (χ1v) is 35.3. The maximum Gasteiger partial charge on any atom is 0.0701 e. The maximum atomic E-state index is 4.67. The third kappa shape index (κ3) is 8.67. The molecule has 0 amide bonds. The van der Waals surface area contributed by atoms with Gasteiger partial charge in [-0.2, -0.15) is 0 Å². The van der Waals surface area contributed by atoms with Crippen LogP contribution >= 0.6 is 0 Å². The second-order valence-corrected chi connectivity index (χ2v) is 31.2. The van der Waals surface area contributed by atoms with Gasteiger partial charge >= 0.3 is 0 Å². The molecule has 474 valence electrons. The molecule has 12 aromatic carbocycles. The molecule has 0 radical (unpaired) electrons. The van der Waals surface area contributed by atoms with E-state index in [0.717, 1.165) is 22.5 Å². The second-order valence-electron chi connectivity index (χ2n) is 31.2. The van der Waals surface area contributed by atoms with Gasteiger partial charge in [-0.1, -0.05) is 251 Å². The van der Waals surface area contributed by atoms with Gasteiger partial charge in [-0.15, -0.1) is 0 Å². The standard InChI is InChI=1S/C97H76N2/c1-93(2)81-21-13-11-19-67(81)79-53-75(77(55-89(79)93)57-25-29-59(30-26-57)91-23-15-17-45-98-91)65-37-43-73-71-41-35-63(49-85(71)96(7,8)87(73)51-65)61-33-39-69-70-40-34-62(48-84(70)95(5,6)83(69)47-61)64-36-42-72-74-44-38-66(52-88(74)97(9,10)86(72)50-64)76-54-80-68-20-12-14-22-82(68)94(3,4)90(80)56-78(76)58-27-31-60(32-28-58)92-24-16-18-46-99-92/h11-56H,1-10H3. The molecule has 0 saturated heterocycles. The number of rotatable bonds is 8. The van der Waals surface area contributed by atoms with Gasteiger partial charge in [-0.05, 0) is 263 Å². The van der Waals surface area contributed by atoms with Gasteiger partial charge in [-0.3, -0.25) is 9.97 Å².